The highest BCUT2D eigenvalue weighted by Crippen LogP contribution is 2.50. The molecule has 0 aliphatic rings. The summed E-state index contributed by atoms with van der Waals surface area (Å²) in [6.45, 7) is 2.85. The number of rotatable bonds is 8. The average Bonchev–Trinajstić information content (AvgIpc) is 2.92. The van der Waals surface area contributed by atoms with Gasteiger partial charge in [-0.15, -0.1) is 0 Å². The average molecular weight is 569 g/mol. The number of benzene rings is 5. The topological polar surface area (TPSA) is 32.7 Å². The molecule has 0 fully saturated rings. The van der Waals surface area contributed by atoms with Crippen LogP contribution in [-0.2, 0) is 5.60 Å². The molecule has 38 heavy (non-hydrogen) atoms. The van der Waals surface area contributed by atoms with E-state index in [1.807, 2.05) is 12.1 Å². The number of hydrogen-bond acceptors (Lipinski definition) is 3. The number of methoxy groups -OCH3 is 1. The van der Waals surface area contributed by atoms with Gasteiger partial charge >= 0.3 is 0 Å². The molecule has 0 amide bonds. The summed E-state index contributed by atoms with van der Waals surface area (Å²) in [4.78, 5) is 2.14. The van der Waals surface area contributed by atoms with Crippen molar-refractivity contribution in [2.45, 2.75) is 24.9 Å². The Kier molecular flexibility index (Phi) is 7.58. The molecule has 3 nitrogen and oxygen atoms in total. The van der Waals surface area contributed by atoms with Crippen molar-refractivity contribution in [2.24, 2.45) is 0 Å². The molecule has 0 aliphatic heterocycles. The summed E-state index contributed by atoms with van der Waals surface area (Å²) in [5, 5.41) is 17.6. The molecule has 0 bridgehead atoms. The summed E-state index contributed by atoms with van der Waals surface area (Å²) in [5.74, 6) is 0.407. The standard InChI is InChI=1S/C34H34BrNO2/c1-23-10-5-7-13-28(23)33(30-21-26-20-27(35)17-16-25(26)22-32(30)38-4)34(37,18-19-36(2)3)31-15-9-12-24-11-6-8-14-29(24)31/h5-17,20-22,33,37H,18-19H2,1-4H3. The number of aliphatic hydroxyl groups is 1. The van der Waals surface area contributed by atoms with E-state index in [-0.39, 0.29) is 5.92 Å². The predicted octanol–water partition coefficient (Wildman–Crippen LogP) is 8.04. The van der Waals surface area contributed by atoms with Crippen molar-refractivity contribution in [2.75, 3.05) is 27.7 Å². The van der Waals surface area contributed by atoms with Gasteiger partial charge in [0.25, 0.3) is 0 Å². The van der Waals surface area contributed by atoms with Crippen LogP contribution in [0.3, 0.4) is 0 Å². The Hall–Kier alpha value is -3.18. The second-order valence-electron chi connectivity index (χ2n) is 10.4. The van der Waals surface area contributed by atoms with Crippen molar-refractivity contribution < 1.29 is 9.84 Å². The smallest absolute Gasteiger partial charge is 0.123 e. The van der Waals surface area contributed by atoms with Gasteiger partial charge in [0.15, 0.2) is 0 Å². The third-order valence-electron chi connectivity index (χ3n) is 7.64. The number of nitrogens with zero attached hydrogens (tertiary/aromatic N) is 1. The first-order valence-corrected chi connectivity index (χ1v) is 13.8. The van der Waals surface area contributed by atoms with Gasteiger partial charge in [-0.1, -0.05) is 88.7 Å². The minimum Gasteiger partial charge on any atom is -0.496 e. The fourth-order valence-electron chi connectivity index (χ4n) is 5.69. The molecule has 5 aromatic carbocycles. The number of aryl methyl sites for hydroxylation is 1. The second-order valence-corrected chi connectivity index (χ2v) is 11.3. The highest BCUT2D eigenvalue weighted by atomic mass is 79.9. The van der Waals surface area contributed by atoms with E-state index < -0.39 is 5.60 Å². The molecule has 4 heteroatoms. The summed E-state index contributed by atoms with van der Waals surface area (Å²) < 4.78 is 7.06. The fraction of sp³-hybridized carbons (Fsp3) is 0.235. The van der Waals surface area contributed by atoms with E-state index in [0.29, 0.717) is 6.42 Å². The first kappa shape index (κ1) is 26.4. The fourth-order valence-corrected chi connectivity index (χ4v) is 6.07. The Bertz CT molecular complexity index is 1590. The zero-order chi connectivity index (χ0) is 26.9. The molecule has 0 aliphatic carbocycles. The van der Waals surface area contributed by atoms with Crippen molar-refractivity contribution in [1.82, 2.24) is 4.90 Å². The minimum atomic E-state index is -1.22. The van der Waals surface area contributed by atoms with Crippen LogP contribution in [0.2, 0.25) is 0 Å². The molecule has 0 saturated heterocycles. The first-order chi connectivity index (χ1) is 18.3. The van der Waals surface area contributed by atoms with Crippen molar-refractivity contribution in [3.8, 4) is 5.75 Å². The van der Waals surface area contributed by atoms with Crippen LogP contribution in [0.25, 0.3) is 21.5 Å². The van der Waals surface area contributed by atoms with Gasteiger partial charge in [0.2, 0.25) is 0 Å². The molecule has 5 rings (SSSR count). The van der Waals surface area contributed by atoms with E-state index in [4.69, 9.17) is 4.74 Å². The van der Waals surface area contributed by atoms with Crippen LogP contribution in [0.5, 0.6) is 5.75 Å². The third-order valence-corrected chi connectivity index (χ3v) is 8.13. The SMILES string of the molecule is COc1cc2ccc(Br)cc2cc1C(c1ccccc1C)C(O)(CCN(C)C)c1cccc2ccccc12. The molecular weight excluding hydrogens is 534 g/mol. The first-order valence-electron chi connectivity index (χ1n) is 13.0. The predicted molar refractivity (Wildman–Crippen MR) is 162 cm³/mol. The maximum Gasteiger partial charge on any atom is 0.123 e. The summed E-state index contributed by atoms with van der Waals surface area (Å²) in [6, 6.07) is 33.6. The number of halogens is 1. The van der Waals surface area contributed by atoms with Crippen LogP contribution >= 0.6 is 15.9 Å². The maximum absolute atomic E-state index is 13.2. The molecule has 2 unspecified atom stereocenters. The van der Waals surface area contributed by atoms with Crippen LogP contribution in [0.1, 0.15) is 34.6 Å². The Morgan fingerprint density at radius 2 is 1.55 bits per heavy atom. The molecule has 0 spiro atoms. The normalized spacial score (nSPS) is 14.1. The Labute approximate surface area is 233 Å². The van der Waals surface area contributed by atoms with Crippen molar-refractivity contribution >= 4 is 37.5 Å². The lowest BCUT2D eigenvalue weighted by Gasteiger charge is -2.40. The summed E-state index contributed by atoms with van der Waals surface area (Å²) in [5.41, 5.74) is 2.92. The zero-order valence-corrected chi connectivity index (χ0v) is 24.0. The molecule has 0 heterocycles. The van der Waals surface area contributed by atoms with Gasteiger partial charge in [0, 0.05) is 22.5 Å². The number of hydrogen-bond donors (Lipinski definition) is 1. The van der Waals surface area contributed by atoms with Crippen molar-refractivity contribution in [3.63, 3.8) is 0 Å². The van der Waals surface area contributed by atoms with Gasteiger partial charge in [-0.25, -0.2) is 0 Å². The highest BCUT2D eigenvalue weighted by molar-refractivity contribution is 9.10. The minimum absolute atomic E-state index is 0.368. The Morgan fingerprint density at radius 1 is 0.816 bits per heavy atom. The van der Waals surface area contributed by atoms with Gasteiger partial charge in [-0.2, -0.15) is 0 Å². The van der Waals surface area contributed by atoms with Gasteiger partial charge in [0.1, 0.15) is 11.4 Å². The summed E-state index contributed by atoms with van der Waals surface area (Å²) in [6.07, 6.45) is 0.548. The van der Waals surface area contributed by atoms with Gasteiger partial charge in [-0.3, -0.25) is 0 Å². The molecule has 194 valence electrons. The zero-order valence-electron chi connectivity index (χ0n) is 22.4. The van der Waals surface area contributed by atoms with E-state index in [2.05, 4.69) is 127 Å². The van der Waals surface area contributed by atoms with Crippen LogP contribution in [0, 0.1) is 6.92 Å². The highest BCUT2D eigenvalue weighted by Gasteiger charge is 2.43. The monoisotopic (exact) mass is 567 g/mol. The molecule has 0 aromatic heterocycles. The largest absolute Gasteiger partial charge is 0.496 e. The van der Waals surface area contributed by atoms with Crippen LogP contribution in [0.4, 0.5) is 0 Å². The molecule has 0 saturated carbocycles. The van der Waals surface area contributed by atoms with Crippen LogP contribution < -0.4 is 4.74 Å². The second kappa shape index (κ2) is 10.9. The lowest BCUT2D eigenvalue weighted by atomic mass is 9.69. The van der Waals surface area contributed by atoms with Crippen molar-refractivity contribution in [3.05, 3.63) is 124 Å². The van der Waals surface area contributed by atoms with E-state index in [0.717, 1.165) is 60.6 Å². The summed E-state index contributed by atoms with van der Waals surface area (Å²) >= 11 is 3.64. The quantitative estimate of drug-likeness (QED) is 0.206. The molecular formula is C34H34BrNO2. The van der Waals surface area contributed by atoms with E-state index in [1.54, 1.807) is 7.11 Å². The van der Waals surface area contributed by atoms with E-state index in [1.165, 1.54) is 0 Å². The van der Waals surface area contributed by atoms with Crippen molar-refractivity contribution in [1.29, 1.82) is 0 Å². The lowest BCUT2D eigenvalue weighted by Crippen LogP contribution is -2.38. The van der Waals surface area contributed by atoms with E-state index >= 15 is 0 Å². The number of fused-ring (bicyclic) bond motifs is 2. The van der Waals surface area contributed by atoms with Crippen LogP contribution in [-0.4, -0.2) is 37.8 Å². The lowest BCUT2D eigenvalue weighted by molar-refractivity contribution is 0.00517. The molecule has 2 atom stereocenters. The number of ether oxygens (including phenoxy) is 1. The maximum atomic E-state index is 13.2. The third kappa shape index (κ3) is 4.96. The summed E-state index contributed by atoms with van der Waals surface area (Å²) in [7, 11) is 5.83. The molecule has 1 N–H and O–H groups in total. The van der Waals surface area contributed by atoms with E-state index in [9.17, 15) is 5.11 Å². The molecule has 0 radical (unpaired) electrons. The van der Waals surface area contributed by atoms with Gasteiger partial charge < -0.3 is 14.7 Å². The van der Waals surface area contributed by atoms with Gasteiger partial charge in [-0.05, 0) is 89.9 Å². The van der Waals surface area contributed by atoms with Crippen LogP contribution in [0.15, 0.2) is 102 Å². The molecule has 5 aromatic rings. The van der Waals surface area contributed by atoms with Gasteiger partial charge in [0.05, 0.1) is 7.11 Å². The Balaban J connectivity index is 1.87. The Morgan fingerprint density at radius 3 is 2.32 bits per heavy atom.